The van der Waals surface area contributed by atoms with Gasteiger partial charge in [-0.3, -0.25) is 4.79 Å². The third-order valence-electron chi connectivity index (χ3n) is 4.33. The SMILES string of the molecule is CCOC(=O)CC1O[C@H]2[C@H]3OC(C)(C)OC[C@H]3O[C@H]2C=C1OCOC. The molecule has 0 radical (unpaired) electrons. The van der Waals surface area contributed by atoms with E-state index in [-0.39, 0.29) is 43.6 Å². The van der Waals surface area contributed by atoms with Crippen LogP contribution in [0.2, 0.25) is 0 Å². The van der Waals surface area contributed by atoms with Crippen molar-refractivity contribution in [3.05, 3.63) is 11.8 Å². The van der Waals surface area contributed by atoms with Crippen molar-refractivity contribution in [2.45, 2.75) is 63.5 Å². The van der Waals surface area contributed by atoms with Gasteiger partial charge >= 0.3 is 5.97 Å². The molecule has 0 N–H and O–H groups in total. The minimum Gasteiger partial charge on any atom is -0.469 e. The van der Waals surface area contributed by atoms with E-state index in [1.54, 1.807) is 6.92 Å². The second kappa shape index (κ2) is 7.59. The standard InChI is InChI=1S/C17H26O8/c1-5-20-14(18)7-11-10(21-9-19-4)6-12-15(24-11)16-13(23-12)8-22-17(2,3)25-16/h6,11-13,15-16H,5,7-9H2,1-4H3/t11?,12-,13+,15+,16-/m0/s1. The Morgan fingerprint density at radius 1 is 1.32 bits per heavy atom. The van der Waals surface area contributed by atoms with Crippen LogP contribution in [0.4, 0.5) is 0 Å². The highest BCUT2D eigenvalue weighted by atomic mass is 16.7. The van der Waals surface area contributed by atoms with E-state index < -0.39 is 11.9 Å². The van der Waals surface area contributed by atoms with Crippen LogP contribution in [0, 0.1) is 0 Å². The summed E-state index contributed by atoms with van der Waals surface area (Å²) in [5.74, 6) is -0.535. The average Bonchev–Trinajstić information content (AvgIpc) is 2.88. The molecular weight excluding hydrogens is 332 g/mol. The summed E-state index contributed by atoms with van der Waals surface area (Å²) in [7, 11) is 1.53. The molecule has 1 unspecified atom stereocenters. The van der Waals surface area contributed by atoms with Gasteiger partial charge in [-0.1, -0.05) is 0 Å². The zero-order valence-corrected chi connectivity index (χ0v) is 15.1. The van der Waals surface area contributed by atoms with Crippen molar-refractivity contribution >= 4 is 5.97 Å². The van der Waals surface area contributed by atoms with Gasteiger partial charge in [-0.2, -0.15) is 0 Å². The zero-order valence-electron chi connectivity index (χ0n) is 15.1. The molecule has 2 saturated heterocycles. The van der Waals surface area contributed by atoms with Crippen molar-refractivity contribution in [3.63, 3.8) is 0 Å². The number of carbonyl (C=O) groups is 1. The Morgan fingerprint density at radius 2 is 2.12 bits per heavy atom. The molecule has 25 heavy (non-hydrogen) atoms. The highest BCUT2D eigenvalue weighted by Gasteiger charge is 2.53. The molecule has 5 atom stereocenters. The molecule has 0 aliphatic carbocycles. The lowest BCUT2D eigenvalue weighted by molar-refractivity contribution is -0.303. The lowest BCUT2D eigenvalue weighted by Gasteiger charge is -2.39. The smallest absolute Gasteiger partial charge is 0.308 e. The van der Waals surface area contributed by atoms with Crippen LogP contribution in [-0.2, 0) is 38.0 Å². The van der Waals surface area contributed by atoms with Crippen molar-refractivity contribution in [1.29, 1.82) is 0 Å². The van der Waals surface area contributed by atoms with Crippen molar-refractivity contribution in [2.24, 2.45) is 0 Å². The lowest BCUT2D eigenvalue weighted by Crippen LogP contribution is -2.52. The van der Waals surface area contributed by atoms with Crippen LogP contribution in [-0.4, -0.2) is 69.4 Å². The summed E-state index contributed by atoms with van der Waals surface area (Å²) in [4.78, 5) is 11.9. The van der Waals surface area contributed by atoms with Crippen LogP contribution in [0.1, 0.15) is 27.2 Å². The van der Waals surface area contributed by atoms with Gasteiger partial charge in [-0.25, -0.2) is 0 Å². The Morgan fingerprint density at radius 3 is 2.84 bits per heavy atom. The second-order valence-corrected chi connectivity index (χ2v) is 6.65. The maximum absolute atomic E-state index is 11.9. The molecule has 3 rings (SSSR count). The molecule has 3 aliphatic rings. The van der Waals surface area contributed by atoms with Crippen molar-refractivity contribution < 1.29 is 38.0 Å². The molecule has 8 heteroatoms. The predicted molar refractivity (Wildman–Crippen MR) is 84.5 cm³/mol. The van der Waals surface area contributed by atoms with Crippen LogP contribution in [0.5, 0.6) is 0 Å². The Bertz CT molecular complexity index is 517. The normalized spacial score (nSPS) is 36.2. The first kappa shape index (κ1) is 18.6. The second-order valence-electron chi connectivity index (χ2n) is 6.65. The molecule has 0 aromatic carbocycles. The first-order valence-electron chi connectivity index (χ1n) is 8.55. The fourth-order valence-electron chi connectivity index (χ4n) is 3.28. The molecule has 0 saturated carbocycles. The van der Waals surface area contributed by atoms with Crippen LogP contribution >= 0.6 is 0 Å². The fraction of sp³-hybridized carbons (Fsp3) is 0.824. The highest BCUT2D eigenvalue weighted by molar-refractivity contribution is 5.70. The number of ether oxygens (including phenoxy) is 7. The van der Waals surface area contributed by atoms with Gasteiger partial charge in [0.05, 0.1) is 19.6 Å². The van der Waals surface area contributed by atoms with Gasteiger partial charge in [0, 0.05) is 7.11 Å². The summed E-state index contributed by atoms with van der Waals surface area (Å²) in [6.07, 6.45) is 0.200. The monoisotopic (exact) mass is 358 g/mol. The Kier molecular flexibility index (Phi) is 5.65. The first-order valence-corrected chi connectivity index (χ1v) is 8.55. The van der Waals surface area contributed by atoms with Gasteiger partial charge in [0.1, 0.15) is 36.3 Å². The number of fused-ring (bicyclic) bond motifs is 3. The molecule has 2 fully saturated rings. The Labute approximate surface area is 147 Å². The number of esters is 1. The van der Waals surface area contributed by atoms with E-state index >= 15 is 0 Å². The number of hydrogen-bond acceptors (Lipinski definition) is 8. The molecule has 8 nitrogen and oxygen atoms in total. The van der Waals surface area contributed by atoms with Gasteiger partial charge in [-0.15, -0.1) is 0 Å². The maximum atomic E-state index is 11.9. The topological polar surface area (TPSA) is 81.7 Å². The quantitative estimate of drug-likeness (QED) is 0.516. The van der Waals surface area contributed by atoms with Gasteiger partial charge in [-0.05, 0) is 26.8 Å². The lowest BCUT2D eigenvalue weighted by atomic mass is 10.0. The van der Waals surface area contributed by atoms with E-state index in [0.717, 1.165) is 0 Å². The minimum absolute atomic E-state index is 0.0594. The molecule has 142 valence electrons. The van der Waals surface area contributed by atoms with Crippen LogP contribution in [0.25, 0.3) is 0 Å². The molecule has 0 bridgehead atoms. The van der Waals surface area contributed by atoms with Crippen LogP contribution in [0.15, 0.2) is 11.8 Å². The average molecular weight is 358 g/mol. The summed E-state index contributed by atoms with van der Waals surface area (Å²) < 4.78 is 39.4. The predicted octanol–water partition coefficient (Wildman–Crippen LogP) is 1.13. The van der Waals surface area contributed by atoms with E-state index in [2.05, 4.69) is 0 Å². The van der Waals surface area contributed by atoms with E-state index in [1.165, 1.54) is 7.11 Å². The third kappa shape index (κ3) is 4.15. The van der Waals surface area contributed by atoms with E-state index in [1.807, 2.05) is 19.9 Å². The summed E-state index contributed by atoms with van der Waals surface area (Å²) in [6, 6.07) is 0. The summed E-state index contributed by atoms with van der Waals surface area (Å²) in [5, 5.41) is 0. The fourth-order valence-corrected chi connectivity index (χ4v) is 3.28. The highest BCUT2D eigenvalue weighted by Crippen LogP contribution is 2.39. The molecule has 0 aromatic rings. The number of rotatable bonds is 6. The molecule has 0 spiro atoms. The van der Waals surface area contributed by atoms with Crippen molar-refractivity contribution in [3.8, 4) is 0 Å². The molecular formula is C17H26O8. The van der Waals surface area contributed by atoms with E-state index in [0.29, 0.717) is 19.0 Å². The molecule has 3 aliphatic heterocycles. The Balaban J connectivity index is 1.76. The van der Waals surface area contributed by atoms with E-state index in [9.17, 15) is 4.79 Å². The summed E-state index contributed by atoms with van der Waals surface area (Å²) in [6.45, 7) is 6.29. The number of methoxy groups -OCH3 is 1. The van der Waals surface area contributed by atoms with Crippen molar-refractivity contribution in [2.75, 3.05) is 27.1 Å². The first-order chi connectivity index (χ1) is 11.9. The largest absolute Gasteiger partial charge is 0.469 e. The number of carbonyl (C=O) groups excluding carboxylic acids is 1. The molecule has 3 heterocycles. The van der Waals surface area contributed by atoms with Crippen LogP contribution in [0.3, 0.4) is 0 Å². The minimum atomic E-state index is -0.698. The summed E-state index contributed by atoms with van der Waals surface area (Å²) in [5.41, 5.74) is 0. The third-order valence-corrected chi connectivity index (χ3v) is 4.33. The van der Waals surface area contributed by atoms with Gasteiger partial charge < -0.3 is 33.2 Å². The molecule has 0 amide bonds. The van der Waals surface area contributed by atoms with E-state index in [4.69, 9.17) is 33.2 Å². The van der Waals surface area contributed by atoms with Crippen molar-refractivity contribution in [1.82, 2.24) is 0 Å². The summed E-state index contributed by atoms with van der Waals surface area (Å²) >= 11 is 0. The van der Waals surface area contributed by atoms with Gasteiger partial charge in [0.15, 0.2) is 12.6 Å². The van der Waals surface area contributed by atoms with Gasteiger partial charge in [0.2, 0.25) is 0 Å². The number of hydrogen-bond donors (Lipinski definition) is 0. The zero-order chi connectivity index (χ0) is 18.0. The molecule has 0 aromatic heterocycles. The van der Waals surface area contributed by atoms with Gasteiger partial charge in [0.25, 0.3) is 0 Å². The Hall–Kier alpha value is -1.19. The van der Waals surface area contributed by atoms with Crippen LogP contribution < -0.4 is 0 Å². The maximum Gasteiger partial charge on any atom is 0.308 e.